The number of anilines is 1. The van der Waals surface area contributed by atoms with E-state index < -0.39 is 0 Å². The van der Waals surface area contributed by atoms with Crippen molar-refractivity contribution in [2.45, 2.75) is 33.2 Å². The van der Waals surface area contributed by atoms with E-state index in [4.69, 9.17) is 18.9 Å². The minimum absolute atomic E-state index is 0.0168. The largest absolute Gasteiger partial charge is 0.497 e. The first kappa shape index (κ1) is 23.5. The zero-order valence-corrected chi connectivity index (χ0v) is 20.2. The molecule has 0 spiro atoms. The SMILES string of the molecule is CCOc1ccc(C2c3cc(OCC)c(OCC)cc3CC(=O)N2c2ccc(OC)cc2)cc1. The number of rotatable bonds is 9. The van der Waals surface area contributed by atoms with Crippen LogP contribution in [0.4, 0.5) is 5.69 Å². The van der Waals surface area contributed by atoms with Crippen molar-refractivity contribution in [3.8, 4) is 23.0 Å². The average molecular weight is 462 g/mol. The van der Waals surface area contributed by atoms with E-state index in [0.717, 1.165) is 33.9 Å². The van der Waals surface area contributed by atoms with Gasteiger partial charge in [0, 0.05) is 5.69 Å². The second kappa shape index (κ2) is 10.5. The van der Waals surface area contributed by atoms with E-state index in [2.05, 4.69) is 0 Å². The maximum absolute atomic E-state index is 13.5. The number of hydrogen-bond donors (Lipinski definition) is 0. The van der Waals surface area contributed by atoms with Crippen LogP contribution < -0.4 is 23.8 Å². The van der Waals surface area contributed by atoms with Crippen LogP contribution in [-0.2, 0) is 11.2 Å². The van der Waals surface area contributed by atoms with Gasteiger partial charge in [-0.15, -0.1) is 0 Å². The summed E-state index contributed by atoms with van der Waals surface area (Å²) in [4.78, 5) is 15.4. The summed E-state index contributed by atoms with van der Waals surface area (Å²) in [6.07, 6.45) is 0.279. The zero-order valence-electron chi connectivity index (χ0n) is 20.2. The van der Waals surface area contributed by atoms with Crippen LogP contribution in [0.2, 0.25) is 0 Å². The second-order valence-corrected chi connectivity index (χ2v) is 7.91. The fourth-order valence-corrected chi connectivity index (χ4v) is 4.37. The van der Waals surface area contributed by atoms with Gasteiger partial charge < -0.3 is 23.8 Å². The van der Waals surface area contributed by atoms with Crippen molar-refractivity contribution in [1.29, 1.82) is 0 Å². The van der Waals surface area contributed by atoms with Crippen molar-refractivity contribution >= 4 is 11.6 Å². The highest BCUT2D eigenvalue weighted by atomic mass is 16.5. The van der Waals surface area contributed by atoms with Crippen LogP contribution in [0, 0.1) is 0 Å². The van der Waals surface area contributed by atoms with Crippen LogP contribution in [-0.4, -0.2) is 32.8 Å². The number of hydrogen-bond acceptors (Lipinski definition) is 5. The lowest BCUT2D eigenvalue weighted by atomic mass is 9.86. The molecule has 6 heteroatoms. The average Bonchev–Trinajstić information content (AvgIpc) is 2.85. The minimum Gasteiger partial charge on any atom is -0.497 e. The molecule has 1 unspecified atom stereocenters. The number of methoxy groups -OCH3 is 1. The standard InChI is InChI=1S/C28H31NO5/c1-5-32-23-12-8-19(9-13-23)28-24-18-26(34-7-3)25(33-6-2)16-20(24)17-27(30)29(28)21-10-14-22(31-4)15-11-21/h8-16,18,28H,5-7,17H2,1-4H3. The summed E-state index contributed by atoms with van der Waals surface area (Å²) in [5, 5.41) is 0. The van der Waals surface area contributed by atoms with Gasteiger partial charge in [-0.2, -0.15) is 0 Å². The molecule has 0 radical (unpaired) electrons. The molecule has 1 atom stereocenters. The quantitative estimate of drug-likeness (QED) is 0.417. The Morgan fingerprint density at radius 3 is 1.97 bits per heavy atom. The van der Waals surface area contributed by atoms with Gasteiger partial charge in [0.1, 0.15) is 11.5 Å². The third-order valence-corrected chi connectivity index (χ3v) is 5.83. The van der Waals surface area contributed by atoms with Crippen LogP contribution in [0.5, 0.6) is 23.0 Å². The van der Waals surface area contributed by atoms with E-state index in [0.29, 0.717) is 31.3 Å². The summed E-state index contributed by atoms with van der Waals surface area (Å²) in [6.45, 7) is 7.49. The summed E-state index contributed by atoms with van der Waals surface area (Å²) in [7, 11) is 1.63. The summed E-state index contributed by atoms with van der Waals surface area (Å²) in [5.74, 6) is 2.91. The van der Waals surface area contributed by atoms with E-state index in [-0.39, 0.29) is 18.4 Å². The molecule has 0 aliphatic carbocycles. The topological polar surface area (TPSA) is 57.2 Å². The lowest BCUT2D eigenvalue weighted by Gasteiger charge is -2.38. The molecule has 0 bridgehead atoms. The van der Waals surface area contributed by atoms with Gasteiger partial charge in [-0.1, -0.05) is 12.1 Å². The summed E-state index contributed by atoms with van der Waals surface area (Å²) >= 11 is 0. The monoisotopic (exact) mass is 461 g/mol. The van der Waals surface area contributed by atoms with Gasteiger partial charge in [0.15, 0.2) is 11.5 Å². The third kappa shape index (κ3) is 4.67. The highest BCUT2D eigenvalue weighted by molar-refractivity contribution is 5.98. The highest BCUT2D eigenvalue weighted by Gasteiger charge is 2.36. The Balaban J connectivity index is 1.87. The van der Waals surface area contributed by atoms with E-state index in [9.17, 15) is 4.79 Å². The maximum atomic E-state index is 13.5. The molecule has 1 heterocycles. The predicted octanol–water partition coefficient (Wildman–Crippen LogP) is 5.57. The Morgan fingerprint density at radius 1 is 0.794 bits per heavy atom. The van der Waals surface area contributed by atoms with E-state index in [1.807, 2.05) is 86.3 Å². The first-order chi connectivity index (χ1) is 16.6. The van der Waals surface area contributed by atoms with Gasteiger partial charge >= 0.3 is 0 Å². The molecule has 3 aromatic carbocycles. The molecule has 4 rings (SSSR count). The normalized spacial score (nSPS) is 15.0. The van der Waals surface area contributed by atoms with E-state index in [1.54, 1.807) is 7.11 Å². The number of benzene rings is 3. The molecule has 178 valence electrons. The smallest absolute Gasteiger partial charge is 0.232 e. The van der Waals surface area contributed by atoms with Crippen LogP contribution in [0.1, 0.15) is 43.5 Å². The van der Waals surface area contributed by atoms with Crippen molar-refractivity contribution in [2.24, 2.45) is 0 Å². The molecule has 0 fully saturated rings. The number of nitrogens with zero attached hydrogens (tertiary/aromatic N) is 1. The van der Waals surface area contributed by atoms with Crippen LogP contribution in [0.25, 0.3) is 0 Å². The van der Waals surface area contributed by atoms with Crippen molar-refractivity contribution in [3.63, 3.8) is 0 Å². The number of carbonyl (C=O) groups excluding carboxylic acids is 1. The molecule has 0 aromatic heterocycles. The Bertz CT molecular complexity index is 1120. The fourth-order valence-electron chi connectivity index (χ4n) is 4.37. The predicted molar refractivity (Wildman–Crippen MR) is 132 cm³/mol. The third-order valence-electron chi connectivity index (χ3n) is 5.83. The maximum Gasteiger partial charge on any atom is 0.232 e. The molecule has 1 aliphatic heterocycles. The van der Waals surface area contributed by atoms with Gasteiger partial charge in [-0.05, 0) is 86.0 Å². The Morgan fingerprint density at radius 2 is 1.38 bits per heavy atom. The molecule has 0 saturated heterocycles. The number of amides is 1. The van der Waals surface area contributed by atoms with Gasteiger partial charge in [0.25, 0.3) is 0 Å². The number of fused-ring (bicyclic) bond motifs is 1. The summed E-state index contributed by atoms with van der Waals surface area (Å²) in [6, 6.07) is 19.2. The molecule has 6 nitrogen and oxygen atoms in total. The molecule has 1 aliphatic rings. The first-order valence-corrected chi connectivity index (χ1v) is 11.7. The van der Waals surface area contributed by atoms with Crippen molar-refractivity contribution in [3.05, 3.63) is 77.4 Å². The fraction of sp³-hybridized carbons (Fsp3) is 0.321. The molecule has 1 amide bonds. The van der Waals surface area contributed by atoms with Crippen molar-refractivity contribution in [2.75, 3.05) is 31.8 Å². The highest BCUT2D eigenvalue weighted by Crippen LogP contribution is 2.44. The first-order valence-electron chi connectivity index (χ1n) is 11.7. The van der Waals surface area contributed by atoms with Gasteiger partial charge in [0.05, 0.1) is 39.4 Å². The molecule has 0 saturated carbocycles. The molecule has 34 heavy (non-hydrogen) atoms. The Kier molecular flexibility index (Phi) is 7.26. The summed E-state index contributed by atoms with van der Waals surface area (Å²) < 4.78 is 22.7. The van der Waals surface area contributed by atoms with Crippen LogP contribution >= 0.6 is 0 Å². The van der Waals surface area contributed by atoms with E-state index in [1.165, 1.54) is 0 Å². The molecular formula is C28H31NO5. The van der Waals surface area contributed by atoms with Crippen molar-refractivity contribution in [1.82, 2.24) is 0 Å². The number of ether oxygens (including phenoxy) is 4. The van der Waals surface area contributed by atoms with Crippen LogP contribution in [0.3, 0.4) is 0 Å². The zero-order chi connectivity index (χ0) is 24.1. The van der Waals surface area contributed by atoms with Crippen LogP contribution in [0.15, 0.2) is 60.7 Å². The minimum atomic E-state index is -0.324. The van der Waals surface area contributed by atoms with E-state index >= 15 is 0 Å². The summed E-state index contributed by atoms with van der Waals surface area (Å²) in [5.41, 5.74) is 3.76. The van der Waals surface area contributed by atoms with Gasteiger partial charge in [0.2, 0.25) is 5.91 Å². The lowest BCUT2D eigenvalue weighted by molar-refractivity contribution is -0.118. The number of carbonyl (C=O) groups is 1. The Labute approximate surface area is 201 Å². The second-order valence-electron chi connectivity index (χ2n) is 7.91. The molecule has 0 N–H and O–H groups in total. The van der Waals surface area contributed by atoms with Crippen molar-refractivity contribution < 1.29 is 23.7 Å². The Hall–Kier alpha value is -3.67. The molecular weight excluding hydrogens is 430 g/mol. The molecule has 3 aromatic rings. The lowest BCUT2D eigenvalue weighted by Crippen LogP contribution is -2.41. The van der Waals surface area contributed by atoms with Gasteiger partial charge in [-0.25, -0.2) is 0 Å². The van der Waals surface area contributed by atoms with Gasteiger partial charge in [-0.3, -0.25) is 4.79 Å².